The van der Waals surface area contributed by atoms with Crippen molar-refractivity contribution in [1.29, 1.82) is 0 Å². The Labute approximate surface area is 111 Å². The lowest BCUT2D eigenvalue weighted by Gasteiger charge is -2.29. The first kappa shape index (κ1) is 12.7. The van der Waals surface area contributed by atoms with E-state index in [9.17, 15) is 14.8 Å². The van der Waals surface area contributed by atoms with Gasteiger partial charge >= 0.3 is 6.03 Å². The Kier molecular flexibility index (Phi) is 3.32. The summed E-state index contributed by atoms with van der Waals surface area (Å²) in [7, 11) is 0. The molecule has 19 heavy (non-hydrogen) atoms. The number of hydrogen-bond donors (Lipinski definition) is 2. The van der Waals surface area contributed by atoms with Crippen LogP contribution in [-0.2, 0) is 9.63 Å². The number of urea groups is 1. The van der Waals surface area contributed by atoms with Crippen LogP contribution >= 0.6 is 0 Å². The molecule has 0 aromatic rings. The summed E-state index contributed by atoms with van der Waals surface area (Å²) in [6.07, 6.45) is 4.75. The van der Waals surface area contributed by atoms with Gasteiger partial charge in [0.25, 0.3) is 5.91 Å². The summed E-state index contributed by atoms with van der Waals surface area (Å²) >= 11 is 0. The van der Waals surface area contributed by atoms with Gasteiger partial charge in [0, 0.05) is 6.54 Å². The summed E-state index contributed by atoms with van der Waals surface area (Å²) in [6.45, 7) is 0.956. The number of fused-ring (bicyclic) bond motifs is 2. The number of piperidine rings is 1. The van der Waals surface area contributed by atoms with Crippen LogP contribution < -0.4 is 5.48 Å². The lowest BCUT2D eigenvalue weighted by atomic mass is 9.86. The summed E-state index contributed by atoms with van der Waals surface area (Å²) in [6, 6.07) is -1.18. The van der Waals surface area contributed by atoms with E-state index in [1.807, 2.05) is 0 Å². The molecule has 7 nitrogen and oxygen atoms in total. The Balaban J connectivity index is 1.50. The summed E-state index contributed by atoms with van der Waals surface area (Å²) in [5, 5.41) is 10.3. The predicted octanol–water partition coefficient (Wildman–Crippen LogP) is 0.492. The standard InChI is InChI=1S/C12H19N3O4/c16-11(13-19-7-8-2-1-3-8)10-5-4-9-6-14(10)12(17)15(9)18/h8-10,18H,1-7H2,(H,13,16)/t9-,10+/m1/s1. The number of hydroxylamine groups is 3. The van der Waals surface area contributed by atoms with Gasteiger partial charge in [0.2, 0.25) is 0 Å². The fourth-order valence-electron chi connectivity index (χ4n) is 2.88. The molecule has 0 radical (unpaired) electrons. The van der Waals surface area contributed by atoms with Crippen molar-refractivity contribution in [1.82, 2.24) is 15.4 Å². The number of hydrogen-bond acceptors (Lipinski definition) is 4. The van der Waals surface area contributed by atoms with Gasteiger partial charge in [-0.05, 0) is 31.6 Å². The van der Waals surface area contributed by atoms with E-state index in [4.69, 9.17) is 4.84 Å². The Morgan fingerprint density at radius 1 is 1.37 bits per heavy atom. The Morgan fingerprint density at radius 2 is 2.16 bits per heavy atom. The molecule has 3 rings (SSSR count). The van der Waals surface area contributed by atoms with E-state index in [2.05, 4.69) is 5.48 Å². The number of carbonyl (C=O) groups is 2. The zero-order valence-corrected chi connectivity index (χ0v) is 10.7. The van der Waals surface area contributed by atoms with E-state index in [0.717, 1.165) is 17.9 Å². The topological polar surface area (TPSA) is 82.1 Å². The number of nitrogens with one attached hydrogen (secondary N) is 1. The summed E-state index contributed by atoms with van der Waals surface area (Å²) in [4.78, 5) is 30.3. The molecule has 1 aliphatic carbocycles. The predicted molar refractivity (Wildman–Crippen MR) is 64.0 cm³/mol. The second kappa shape index (κ2) is 4.97. The molecular formula is C12H19N3O4. The average molecular weight is 269 g/mol. The van der Waals surface area contributed by atoms with Gasteiger partial charge in [-0.3, -0.25) is 14.8 Å². The van der Waals surface area contributed by atoms with Gasteiger partial charge in [-0.2, -0.15) is 0 Å². The van der Waals surface area contributed by atoms with Crippen molar-refractivity contribution < 1.29 is 19.6 Å². The first-order valence-electron chi connectivity index (χ1n) is 6.87. The van der Waals surface area contributed by atoms with Crippen LogP contribution in [0.15, 0.2) is 0 Å². The monoisotopic (exact) mass is 269 g/mol. The highest BCUT2D eigenvalue weighted by molar-refractivity contribution is 5.87. The highest BCUT2D eigenvalue weighted by Gasteiger charge is 2.46. The van der Waals surface area contributed by atoms with Crippen molar-refractivity contribution in [2.45, 2.75) is 44.2 Å². The minimum absolute atomic E-state index is 0.174. The number of rotatable bonds is 4. The molecule has 2 heterocycles. The van der Waals surface area contributed by atoms with Crippen LogP contribution in [0.5, 0.6) is 0 Å². The molecule has 1 saturated carbocycles. The highest BCUT2D eigenvalue weighted by atomic mass is 16.7. The van der Waals surface area contributed by atoms with Gasteiger partial charge in [0.1, 0.15) is 6.04 Å². The van der Waals surface area contributed by atoms with Gasteiger partial charge in [-0.15, -0.1) is 0 Å². The van der Waals surface area contributed by atoms with Gasteiger partial charge in [-0.25, -0.2) is 15.3 Å². The number of amides is 3. The third-order valence-electron chi connectivity index (χ3n) is 4.36. The maximum absolute atomic E-state index is 12.0. The summed E-state index contributed by atoms with van der Waals surface area (Å²) in [5.41, 5.74) is 2.44. The summed E-state index contributed by atoms with van der Waals surface area (Å²) < 4.78 is 0. The van der Waals surface area contributed by atoms with E-state index in [1.165, 1.54) is 11.3 Å². The minimum atomic E-state index is -0.526. The van der Waals surface area contributed by atoms with Crippen molar-refractivity contribution in [2.75, 3.05) is 13.2 Å². The third kappa shape index (κ3) is 2.28. The molecule has 0 aromatic heterocycles. The highest BCUT2D eigenvalue weighted by Crippen LogP contribution is 2.29. The van der Waals surface area contributed by atoms with Crippen molar-refractivity contribution in [3.05, 3.63) is 0 Å². The SMILES string of the molecule is O=C(NOCC1CCC1)[C@@H]1CC[C@@H]2CN1C(=O)N2O. The van der Waals surface area contributed by atoms with Crippen LogP contribution in [0.4, 0.5) is 4.79 Å². The molecule has 0 unspecified atom stereocenters. The van der Waals surface area contributed by atoms with Gasteiger partial charge in [-0.1, -0.05) is 6.42 Å². The molecular weight excluding hydrogens is 250 g/mol. The Morgan fingerprint density at radius 3 is 2.84 bits per heavy atom. The van der Waals surface area contributed by atoms with Crippen molar-refractivity contribution in [3.63, 3.8) is 0 Å². The van der Waals surface area contributed by atoms with Crippen LogP contribution in [0.3, 0.4) is 0 Å². The van der Waals surface area contributed by atoms with Crippen LogP contribution in [0.25, 0.3) is 0 Å². The first-order valence-corrected chi connectivity index (χ1v) is 6.87. The molecule has 3 fully saturated rings. The molecule has 3 aliphatic rings. The fourth-order valence-corrected chi connectivity index (χ4v) is 2.88. The molecule has 2 bridgehead atoms. The van der Waals surface area contributed by atoms with Crippen LogP contribution in [0.2, 0.25) is 0 Å². The Hall–Kier alpha value is -1.34. The molecule has 106 valence electrons. The molecule has 3 amide bonds. The first-order chi connectivity index (χ1) is 9.16. The quantitative estimate of drug-likeness (QED) is 0.575. The molecule has 7 heteroatoms. The van der Waals surface area contributed by atoms with Crippen molar-refractivity contribution in [2.24, 2.45) is 5.92 Å². The van der Waals surface area contributed by atoms with E-state index in [-0.39, 0.29) is 11.9 Å². The van der Waals surface area contributed by atoms with E-state index < -0.39 is 12.1 Å². The van der Waals surface area contributed by atoms with E-state index >= 15 is 0 Å². The van der Waals surface area contributed by atoms with E-state index in [1.54, 1.807) is 0 Å². The lowest BCUT2D eigenvalue weighted by molar-refractivity contribution is -0.140. The van der Waals surface area contributed by atoms with Crippen LogP contribution in [0.1, 0.15) is 32.1 Å². The van der Waals surface area contributed by atoms with E-state index in [0.29, 0.717) is 31.9 Å². The largest absolute Gasteiger partial charge is 0.344 e. The van der Waals surface area contributed by atoms with Crippen molar-refractivity contribution in [3.8, 4) is 0 Å². The number of nitrogens with zero attached hydrogens (tertiary/aromatic N) is 2. The normalized spacial score (nSPS) is 30.5. The molecule has 0 aromatic carbocycles. The van der Waals surface area contributed by atoms with Crippen LogP contribution in [0, 0.1) is 5.92 Å². The third-order valence-corrected chi connectivity index (χ3v) is 4.36. The van der Waals surface area contributed by atoms with Gasteiger partial charge in [0.05, 0.1) is 12.6 Å². The maximum Gasteiger partial charge on any atom is 0.344 e. The van der Waals surface area contributed by atoms with Gasteiger partial charge in [0.15, 0.2) is 0 Å². The smallest absolute Gasteiger partial charge is 0.309 e. The van der Waals surface area contributed by atoms with Gasteiger partial charge < -0.3 is 4.90 Å². The minimum Gasteiger partial charge on any atom is -0.309 e. The molecule has 2 atom stereocenters. The summed E-state index contributed by atoms with van der Waals surface area (Å²) in [5.74, 6) is 0.263. The number of carbonyl (C=O) groups excluding carboxylic acids is 2. The fraction of sp³-hybridized carbons (Fsp3) is 0.833. The average Bonchev–Trinajstić information content (AvgIpc) is 2.58. The second-order valence-corrected chi connectivity index (χ2v) is 5.60. The molecule has 2 N–H and O–H groups in total. The molecule has 2 aliphatic heterocycles. The van der Waals surface area contributed by atoms with Crippen LogP contribution in [-0.4, -0.2) is 52.3 Å². The second-order valence-electron chi connectivity index (χ2n) is 5.60. The zero-order valence-electron chi connectivity index (χ0n) is 10.7. The lowest BCUT2D eigenvalue weighted by Crippen LogP contribution is -2.50. The molecule has 0 spiro atoms. The molecule has 2 saturated heterocycles. The van der Waals surface area contributed by atoms with Crippen molar-refractivity contribution >= 4 is 11.9 Å². The maximum atomic E-state index is 12.0. The Bertz CT molecular complexity index is 385. The zero-order chi connectivity index (χ0) is 13.4.